The summed E-state index contributed by atoms with van der Waals surface area (Å²) >= 11 is 0. The first-order valence-corrected chi connectivity index (χ1v) is 9.31. The van der Waals surface area contributed by atoms with Crippen molar-refractivity contribution in [3.05, 3.63) is 34.4 Å². The van der Waals surface area contributed by atoms with E-state index in [-0.39, 0.29) is 18.5 Å². The van der Waals surface area contributed by atoms with Crippen molar-refractivity contribution in [1.29, 1.82) is 0 Å². The number of aromatic nitrogens is 4. The van der Waals surface area contributed by atoms with E-state index in [1.807, 2.05) is 19.1 Å². The molecule has 0 amide bonds. The molecule has 2 aliphatic rings. The highest BCUT2D eigenvalue weighted by atomic mass is 16.7. The molecule has 2 aromatic heterocycles. The third-order valence-electron chi connectivity index (χ3n) is 5.35. The number of rotatable bonds is 3. The first-order chi connectivity index (χ1) is 13.6. The van der Waals surface area contributed by atoms with E-state index in [0.29, 0.717) is 36.1 Å². The van der Waals surface area contributed by atoms with Crippen LogP contribution in [0.5, 0.6) is 11.5 Å². The molecule has 146 valence electrons. The van der Waals surface area contributed by atoms with Gasteiger partial charge in [0.25, 0.3) is 0 Å². The second-order valence-electron chi connectivity index (χ2n) is 7.10. The highest BCUT2D eigenvalue weighted by Gasteiger charge is 2.23. The maximum absolute atomic E-state index is 12.8. The minimum Gasteiger partial charge on any atom is -0.454 e. The van der Waals surface area contributed by atoms with Crippen LogP contribution in [0.15, 0.2) is 23.1 Å². The zero-order valence-corrected chi connectivity index (χ0v) is 15.8. The maximum Gasteiger partial charge on any atom is 0.330 e. The largest absolute Gasteiger partial charge is 0.454 e. The van der Waals surface area contributed by atoms with Crippen molar-refractivity contribution in [3.63, 3.8) is 0 Å². The van der Waals surface area contributed by atoms with Crippen molar-refractivity contribution in [2.75, 3.05) is 25.3 Å². The zero-order valence-electron chi connectivity index (χ0n) is 15.8. The smallest absolute Gasteiger partial charge is 0.330 e. The first kappa shape index (κ1) is 17.1. The summed E-state index contributed by atoms with van der Waals surface area (Å²) in [5.74, 6) is 1.85. The van der Waals surface area contributed by atoms with Gasteiger partial charge >= 0.3 is 5.69 Å². The number of nitrogens with one attached hydrogen (secondary N) is 1. The van der Waals surface area contributed by atoms with Crippen LogP contribution >= 0.6 is 0 Å². The SMILES string of the molecule is Cc1cc2c(cc1Nc1ncc3c(n1)n(C1CCOCC1)c(=O)n3C)OCO2. The van der Waals surface area contributed by atoms with Gasteiger partial charge in [0.1, 0.15) is 5.52 Å². The molecule has 1 saturated heterocycles. The van der Waals surface area contributed by atoms with Gasteiger partial charge in [0.05, 0.1) is 6.20 Å². The van der Waals surface area contributed by atoms with Crippen LogP contribution in [0.4, 0.5) is 11.6 Å². The normalized spacial score (nSPS) is 16.6. The van der Waals surface area contributed by atoms with Crippen LogP contribution in [0.3, 0.4) is 0 Å². The Morgan fingerprint density at radius 2 is 1.93 bits per heavy atom. The van der Waals surface area contributed by atoms with Crippen LogP contribution < -0.4 is 20.5 Å². The average Bonchev–Trinajstić information content (AvgIpc) is 3.25. The average molecular weight is 383 g/mol. The first-order valence-electron chi connectivity index (χ1n) is 9.31. The summed E-state index contributed by atoms with van der Waals surface area (Å²) in [7, 11) is 1.75. The van der Waals surface area contributed by atoms with E-state index < -0.39 is 0 Å². The van der Waals surface area contributed by atoms with Gasteiger partial charge in [0.15, 0.2) is 17.1 Å². The van der Waals surface area contributed by atoms with E-state index in [1.165, 1.54) is 0 Å². The predicted octanol–water partition coefficient (Wildman–Crippen LogP) is 2.26. The Bertz CT molecular complexity index is 1110. The molecule has 3 aromatic rings. The molecule has 0 radical (unpaired) electrons. The van der Waals surface area contributed by atoms with Crippen molar-refractivity contribution in [1.82, 2.24) is 19.1 Å². The Morgan fingerprint density at radius 1 is 1.18 bits per heavy atom. The fraction of sp³-hybridized carbons (Fsp3) is 0.421. The van der Waals surface area contributed by atoms with Gasteiger partial charge in [-0.3, -0.25) is 9.13 Å². The lowest BCUT2D eigenvalue weighted by Crippen LogP contribution is -2.30. The number of hydrogen-bond acceptors (Lipinski definition) is 7. The van der Waals surface area contributed by atoms with Crippen LogP contribution in [0.1, 0.15) is 24.4 Å². The summed E-state index contributed by atoms with van der Waals surface area (Å²) in [6.07, 6.45) is 3.28. The number of fused-ring (bicyclic) bond motifs is 2. The molecule has 1 fully saturated rings. The number of nitrogens with zero attached hydrogens (tertiary/aromatic N) is 4. The molecule has 5 rings (SSSR count). The summed E-state index contributed by atoms with van der Waals surface area (Å²) in [6.45, 7) is 3.51. The number of hydrogen-bond donors (Lipinski definition) is 1. The Kier molecular flexibility index (Phi) is 3.97. The molecule has 0 bridgehead atoms. The fourth-order valence-corrected chi connectivity index (χ4v) is 3.77. The van der Waals surface area contributed by atoms with E-state index in [0.717, 1.165) is 29.8 Å². The fourth-order valence-electron chi connectivity index (χ4n) is 3.77. The standard InChI is InChI=1S/C19H21N5O4/c1-11-7-15-16(28-10-27-15)8-13(11)21-18-20-9-14-17(22-18)24(19(25)23(14)2)12-3-5-26-6-4-12/h7-9,12H,3-6,10H2,1-2H3,(H,20,21,22). The van der Waals surface area contributed by atoms with Gasteiger partial charge in [0, 0.05) is 38.1 Å². The number of aryl methyl sites for hydroxylation is 2. The van der Waals surface area contributed by atoms with Crippen molar-refractivity contribution < 1.29 is 14.2 Å². The van der Waals surface area contributed by atoms with Crippen molar-refractivity contribution in [3.8, 4) is 11.5 Å². The number of ether oxygens (including phenoxy) is 3. The summed E-state index contributed by atoms with van der Waals surface area (Å²) in [5.41, 5.74) is 3.09. The molecular weight excluding hydrogens is 362 g/mol. The van der Waals surface area contributed by atoms with Gasteiger partial charge in [0.2, 0.25) is 12.7 Å². The molecular formula is C19H21N5O4. The van der Waals surface area contributed by atoms with Gasteiger partial charge in [-0.25, -0.2) is 9.78 Å². The Hall–Kier alpha value is -3.07. The van der Waals surface area contributed by atoms with E-state index in [4.69, 9.17) is 14.2 Å². The summed E-state index contributed by atoms with van der Waals surface area (Å²) in [5, 5.41) is 3.25. The lowest BCUT2D eigenvalue weighted by molar-refractivity contribution is 0.0695. The molecule has 4 heterocycles. The lowest BCUT2D eigenvalue weighted by atomic mass is 10.1. The van der Waals surface area contributed by atoms with Gasteiger partial charge in [-0.15, -0.1) is 0 Å². The Morgan fingerprint density at radius 3 is 2.71 bits per heavy atom. The highest BCUT2D eigenvalue weighted by Crippen LogP contribution is 2.37. The number of anilines is 2. The molecule has 28 heavy (non-hydrogen) atoms. The third-order valence-corrected chi connectivity index (χ3v) is 5.35. The van der Waals surface area contributed by atoms with Crippen LogP contribution in [-0.4, -0.2) is 39.1 Å². The topological polar surface area (TPSA) is 92.4 Å². The molecule has 0 spiro atoms. The molecule has 0 aliphatic carbocycles. The second-order valence-corrected chi connectivity index (χ2v) is 7.10. The van der Waals surface area contributed by atoms with E-state index in [9.17, 15) is 4.79 Å². The van der Waals surface area contributed by atoms with E-state index >= 15 is 0 Å². The third kappa shape index (κ3) is 2.70. The van der Waals surface area contributed by atoms with Crippen molar-refractivity contribution in [2.24, 2.45) is 7.05 Å². The summed E-state index contributed by atoms with van der Waals surface area (Å²) in [4.78, 5) is 21.9. The molecule has 9 nitrogen and oxygen atoms in total. The van der Waals surface area contributed by atoms with Crippen LogP contribution in [0, 0.1) is 6.92 Å². The second kappa shape index (κ2) is 6.52. The zero-order chi connectivity index (χ0) is 19.3. The molecule has 0 atom stereocenters. The van der Waals surface area contributed by atoms with Crippen molar-refractivity contribution in [2.45, 2.75) is 25.8 Å². The summed E-state index contributed by atoms with van der Waals surface area (Å²) < 4.78 is 19.7. The van der Waals surface area contributed by atoms with Gasteiger partial charge in [-0.1, -0.05) is 0 Å². The molecule has 1 N–H and O–H groups in total. The predicted molar refractivity (Wildman–Crippen MR) is 102 cm³/mol. The molecule has 9 heteroatoms. The summed E-state index contributed by atoms with van der Waals surface area (Å²) in [6, 6.07) is 3.88. The maximum atomic E-state index is 12.8. The van der Waals surface area contributed by atoms with Gasteiger partial charge < -0.3 is 19.5 Å². The van der Waals surface area contributed by atoms with Crippen LogP contribution in [0.2, 0.25) is 0 Å². The van der Waals surface area contributed by atoms with Gasteiger partial charge in [-0.05, 0) is 31.4 Å². The quantitative estimate of drug-likeness (QED) is 0.742. The minimum absolute atomic E-state index is 0.0763. The highest BCUT2D eigenvalue weighted by molar-refractivity contribution is 5.73. The van der Waals surface area contributed by atoms with Gasteiger partial charge in [-0.2, -0.15) is 4.98 Å². The number of benzene rings is 1. The lowest BCUT2D eigenvalue weighted by Gasteiger charge is -2.22. The van der Waals surface area contributed by atoms with E-state index in [1.54, 1.807) is 22.4 Å². The van der Waals surface area contributed by atoms with Crippen LogP contribution in [0.25, 0.3) is 11.2 Å². The molecule has 0 saturated carbocycles. The van der Waals surface area contributed by atoms with Crippen molar-refractivity contribution >= 4 is 22.8 Å². The molecule has 1 aromatic carbocycles. The van der Waals surface area contributed by atoms with Crippen LogP contribution in [-0.2, 0) is 11.8 Å². The Labute approximate surface area is 160 Å². The minimum atomic E-state index is -0.0763. The number of imidazole rings is 1. The monoisotopic (exact) mass is 383 g/mol. The Balaban J connectivity index is 1.55. The molecule has 2 aliphatic heterocycles. The van der Waals surface area contributed by atoms with E-state index in [2.05, 4.69) is 15.3 Å². The molecule has 0 unspecified atom stereocenters.